The van der Waals surface area contributed by atoms with Crippen LogP contribution in [0.1, 0.15) is 320 Å². The second kappa shape index (κ2) is 50.1. The fourth-order valence-corrected chi connectivity index (χ4v) is 27.4. The molecule has 3 nitrogen and oxygen atoms in total. The normalized spacial score (nSPS) is 22.9. The van der Waals surface area contributed by atoms with Crippen LogP contribution >= 0.6 is 35.3 Å². The topological polar surface area (TPSA) is 27.7 Å². The molecule has 0 heterocycles. The van der Waals surface area contributed by atoms with Gasteiger partial charge in [-0.3, -0.25) is 0 Å². The van der Waals surface area contributed by atoms with Gasteiger partial charge in [0.2, 0.25) is 0 Å². The van der Waals surface area contributed by atoms with E-state index >= 15 is 0 Å². The SMILES string of the molecule is Cc1ccccc1COC[C@](C)(c1ccccc1)C(C)(C)c1ccccc1.Cc1ccccc1COC[C@]1(C)CCCCC1(C)C.Cc1ccccc1COC[C@]1(C)CCC[C@]1(C)c1ccccc1.Cc1ccccc1CSC[C@](C)(c1ccccc1)C1(C)CCCCC1.Cc1ccccc1CSC[C@]1(C)CCCCC1(C)C.Cc1ccccc1CSC[C@]1(C)CCC[C@]1(C)c1ccccc1. The second-order valence-electron chi connectivity index (χ2n) is 45.6. The standard InChI is InChI=1S/C26H30O.C24H32S.C22H28O.C22H28S.C18H28O.C18H28S/c1-21-13-11-12-14-22(21)19-27-20-26(4,24-17-9-6-10-18-24)25(2,3)23-15-7-5-8-16-23;1-20-12-8-9-13-21(20)18-25-19-24(3,22-14-6-4-7-15-22)23(2)16-10-5-11-17-23;2*1-18-10-7-8-11-19(18)16-23-17-21(2)14-9-15-22(21,3)20-12-5-4-6-13-20;2*1-15-9-5-6-10-16(15)13-19-14-18(4)12-8-7-11-17(18,2)3/h5-18H,19-20H2,1-4H3;4,6-9,12-15H,5,10-11,16-19H2,1-3H3;2*4-8,10-13H,9,14-17H2,1-3H3;2*5-6,9-10H,7-8,11-14H2,1-4H3/t26-;24-;2*21-,22+;2*18-/m110000/s1. The lowest BCUT2D eigenvalue weighted by atomic mass is 9.57. The zero-order valence-electron chi connectivity index (χ0n) is 88.2. The molecule has 5 aliphatic carbocycles. The zero-order valence-corrected chi connectivity index (χ0v) is 90.6. The molecule has 136 heavy (non-hydrogen) atoms. The molecule has 5 fully saturated rings. The Morgan fingerprint density at radius 1 is 0.257 bits per heavy atom. The molecule has 0 N–H and O–H groups in total. The van der Waals surface area contributed by atoms with Gasteiger partial charge in [-0.1, -0.05) is 459 Å². The summed E-state index contributed by atoms with van der Waals surface area (Å²) in [5.41, 5.74) is 27.0. The minimum Gasteiger partial charge on any atom is -0.376 e. The summed E-state index contributed by atoms with van der Waals surface area (Å²) >= 11 is 6.36. The Balaban J connectivity index is 0.000000157. The van der Waals surface area contributed by atoms with Gasteiger partial charge in [-0.15, -0.1) is 0 Å². The molecule has 0 radical (unpaired) electrons. The lowest BCUT2D eigenvalue weighted by Gasteiger charge is -2.49. The molecule has 0 unspecified atom stereocenters. The predicted molar refractivity (Wildman–Crippen MR) is 595 cm³/mol. The van der Waals surface area contributed by atoms with Crippen molar-refractivity contribution in [1.82, 2.24) is 0 Å². The van der Waals surface area contributed by atoms with Crippen molar-refractivity contribution in [2.75, 3.05) is 37.1 Å². The van der Waals surface area contributed by atoms with Gasteiger partial charge in [-0.05, 0) is 250 Å². The summed E-state index contributed by atoms with van der Waals surface area (Å²) in [6.07, 6.45) is 25.7. The number of aryl methyl sites for hydroxylation is 6. The van der Waals surface area contributed by atoms with Gasteiger partial charge in [0.05, 0.1) is 39.6 Å². The maximum absolute atomic E-state index is 6.33. The maximum atomic E-state index is 6.33. The Labute approximate surface area is 841 Å². The number of hydrogen-bond donors (Lipinski definition) is 0. The van der Waals surface area contributed by atoms with Crippen LogP contribution in [0.5, 0.6) is 0 Å². The van der Waals surface area contributed by atoms with E-state index in [-0.39, 0.29) is 27.1 Å². The van der Waals surface area contributed by atoms with Gasteiger partial charge in [0.1, 0.15) is 0 Å². The summed E-state index contributed by atoms with van der Waals surface area (Å²) in [6.45, 7) is 54.2. The lowest BCUT2D eigenvalue weighted by molar-refractivity contribution is -0.0546. The fraction of sp³-hybridized carbons (Fsp3) is 0.492. The van der Waals surface area contributed by atoms with Crippen LogP contribution in [0.2, 0.25) is 0 Å². The van der Waals surface area contributed by atoms with Gasteiger partial charge in [-0.25, -0.2) is 0 Å². The number of hydrogen-bond acceptors (Lipinski definition) is 6. The first-order chi connectivity index (χ1) is 65.0. The summed E-state index contributed by atoms with van der Waals surface area (Å²) in [4.78, 5) is 0. The first-order valence-electron chi connectivity index (χ1n) is 52.0. The van der Waals surface area contributed by atoms with Gasteiger partial charge in [-0.2, -0.15) is 35.3 Å². The highest BCUT2D eigenvalue weighted by Crippen LogP contribution is 2.59. The van der Waals surface area contributed by atoms with E-state index in [0.29, 0.717) is 57.7 Å². The van der Waals surface area contributed by atoms with E-state index in [4.69, 9.17) is 14.2 Å². The first-order valence-corrected chi connectivity index (χ1v) is 55.5. The van der Waals surface area contributed by atoms with Crippen LogP contribution in [0.15, 0.2) is 297 Å². The summed E-state index contributed by atoms with van der Waals surface area (Å²) in [7, 11) is 0. The minimum atomic E-state index is -0.154. The molecule has 5 saturated carbocycles. The molecule has 5 aliphatic rings. The highest BCUT2D eigenvalue weighted by atomic mass is 32.2. The van der Waals surface area contributed by atoms with Gasteiger partial charge >= 0.3 is 0 Å². The van der Waals surface area contributed by atoms with Gasteiger partial charge in [0, 0.05) is 50.1 Å². The van der Waals surface area contributed by atoms with E-state index < -0.39 is 0 Å². The summed E-state index contributed by atoms with van der Waals surface area (Å²) in [5.74, 6) is 7.15. The van der Waals surface area contributed by atoms with Crippen LogP contribution in [0.4, 0.5) is 0 Å². The van der Waals surface area contributed by atoms with E-state index in [1.165, 1.54) is 240 Å². The molecule has 0 saturated heterocycles. The molecule has 6 heteroatoms. The molecule has 0 aromatic heterocycles. The lowest BCUT2D eigenvalue weighted by Crippen LogP contribution is -2.46. The van der Waals surface area contributed by atoms with Gasteiger partial charge in [0.15, 0.2) is 0 Å². The zero-order chi connectivity index (χ0) is 97.6. The average molecular weight is 1880 g/mol. The maximum Gasteiger partial charge on any atom is 0.0719 e. The smallest absolute Gasteiger partial charge is 0.0719 e. The highest BCUT2D eigenvalue weighted by molar-refractivity contribution is 7.99. The Morgan fingerprint density at radius 2 is 0.551 bits per heavy atom. The fourth-order valence-electron chi connectivity index (χ4n) is 22.7. The molecule has 0 amide bonds. The molecular weight excluding hydrogens is 1710 g/mol. The third kappa shape index (κ3) is 27.6. The molecule has 8 atom stereocenters. The number of benzene rings is 11. The van der Waals surface area contributed by atoms with Crippen molar-refractivity contribution < 1.29 is 14.2 Å². The van der Waals surface area contributed by atoms with E-state index in [9.17, 15) is 0 Å². The summed E-state index contributed by atoms with van der Waals surface area (Å²) in [6, 6.07) is 107. The molecule has 11 aromatic carbocycles. The quantitative estimate of drug-likeness (QED) is 0.0430. The first kappa shape index (κ1) is 109. The molecule has 0 aliphatic heterocycles. The predicted octanol–water partition coefficient (Wildman–Crippen LogP) is 36.6. The number of rotatable bonds is 31. The Morgan fingerprint density at radius 3 is 0.949 bits per heavy atom. The summed E-state index contributed by atoms with van der Waals surface area (Å²) in [5, 5.41) is 0. The van der Waals surface area contributed by atoms with Crippen LogP contribution in [0.3, 0.4) is 0 Å². The summed E-state index contributed by atoms with van der Waals surface area (Å²) < 4.78 is 18.6. The van der Waals surface area contributed by atoms with Crippen molar-refractivity contribution in [3.05, 3.63) is 392 Å². The largest absolute Gasteiger partial charge is 0.376 e. The molecule has 16 rings (SSSR count). The average Bonchev–Trinajstić information content (AvgIpc) is 1.58. The Hall–Kier alpha value is -7.65. The van der Waals surface area contributed by atoms with Crippen LogP contribution in [-0.4, -0.2) is 37.1 Å². The van der Waals surface area contributed by atoms with Crippen LogP contribution in [-0.2, 0) is 78.4 Å². The number of ether oxygens (including phenoxy) is 3. The Bertz CT molecular complexity index is 5170. The highest BCUT2D eigenvalue weighted by Gasteiger charge is 2.52. The van der Waals surface area contributed by atoms with Crippen molar-refractivity contribution in [2.24, 2.45) is 37.9 Å². The molecular formula is C130H174O3S3. The van der Waals surface area contributed by atoms with E-state index in [1.54, 1.807) is 0 Å². The molecule has 0 spiro atoms. The Kier molecular flexibility index (Phi) is 40.1. The van der Waals surface area contributed by atoms with Crippen molar-refractivity contribution in [1.29, 1.82) is 0 Å². The van der Waals surface area contributed by atoms with Crippen molar-refractivity contribution >= 4 is 35.3 Å². The molecule has 0 bridgehead atoms. The monoisotopic (exact) mass is 1880 g/mol. The van der Waals surface area contributed by atoms with Crippen LogP contribution < -0.4 is 0 Å². The molecule has 11 aromatic rings. The van der Waals surface area contributed by atoms with Gasteiger partial charge < -0.3 is 14.2 Å². The van der Waals surface area contributed by atoms with Crippen molar-refractivity contribution in [2.45, 2.75) is 332 Å². The second-order valence-corrected chi connectivity index (χ2v) is 48.5. The third-order valence-electron chi connectivity index (χ3n) is 35.7. The van der Waals surface area contributed by atoms with E-state index in [0.717, 1.165) is 31.3 Å². The van der Waals surface area contributed by atoms with Crippen molar-refractivity contribution in [3.63, 3.8) is 0 Å². The third-order valence-corrected chi connectivity index (χ3v) is 39.7. The van der Waals surface area contributed by atoms with E-state index in [2.05, 4.69) is 478 Å². The van der Waals surface area contributed by atoms with Crippen LogP contribution in [0.25, 0.3) is 0 Å². The number of thioether (sulfide) groups is 3. The minimum absolute atomic E-state index is 0.0820. The molecule has 730 valence electrons. The van der Waals surface area contributed by atoms with Crippen molar-refractivity contribution in [3.8, 4) is 0 Å². The van der Waals surface area contributed by atoms with Gasteiger partial charge in [0.25, 0.3) is 0 Å². The van der Waals surface area contributed by atoms with E-state index in [1.807, 2.05) is 0 Å². The van der Waals surface area contributed by atoms with Crippen LogP contribution in [0, 0.1) is 79.4 Å².